The molecule has 2 heteroatoms. The van der Waals surface area contributed by atoms with Crippen LogP contribution in [0.15, 0.2) is 104 Å². The number of nitrogens with one attached hydrogen (secondary N) is 1. The van der Waals surface area contributed by atoms with Crippen LogP contribution in [0.25, 0.3) is 67.4 Å². The molecule has 0 aliphatic carbocycles. The van der Waals surface area contributed by atoms with Gasteiger partial charge in [0.05, 0.1) is 0 Å². The van der Waals surface area contributed by atoms with E-state index in [4.69, 9.17) is 0 Å². The summed E-state index contributed by atoms with van der Waals surface area (Å²) < 4.78 is 2.51. The van der Waals surface area contributed by atoms with Gasteiger partial charge in [-0.25, -0.2) is 0 Å². The Morgan fingerprint density at radius 3 is 2.26 bits per heavy atom. The second kappa shape index (κ2) is 11.6. The first-order valence-corrected chi connectivity index (χ1v) is 14.9. The third-order valence-electron chi connectivity index (χ3n) is 8.47. The predicted molar refractivity (Wildman–Crippen MR) is 187 cm³/mol. The Kier molecular flexibility index (Phi) is 7.54. The number of hydrogen-bond acceptors (Lipinski definition) is 0. The molecule has 0 spiro atoms. The molecule has 208 valence electrons. The maximum Gasteiger partial charge on any atom is 0.0498 e. The summed E-state index contributed by atoms with van der Waals surface area (Å²) >= 11 is 0. The molecule has 0 fully saturated rings. The molecule has 0 aliphatic rings. The number of fused-ring (bicyclic) bond motifs is 6. The third kappa shape index (κ3) is 4.54. The minimum atomic E-state index is 0.856. The van der Waals surface area contributed by atoms with Crippen molar-refractivity contribution in [2.24, 2.45) is 0 Å². The fourth-order valence-electron chi connectivity index (χ4n) is 6.56. The van der Waals surface area contributed by atoms with Gasteiger partial charge < -0.3 is 9.55 Å². The minimum absolute atomic E-state index is 0.856. The van der Waals surface area contributed by atoms with Crippen molar-refractivity contribution in [2.75, 3.05) is 0 Å². The highest BCUT2D eigenvalue weighted by molar-refractivity contribution is 6.16. The summed E-state index contributed by atoms with van der Waals surface area (Å²) in [4.78, 5) is 3.56. The van der Waals surface area contributed by atoms with Gasteiger partial charge in [-0.3, -0.25) is 0 Å². The van der Waals surface area contributed by atoms with Crippen molar-refractivity contribution < 1.29 is 0 Å². The first-order chi connectivity index (χ1) is 20.6. The topological polar surface area (TPSA) is 20.7 Å². The van der Waals surface area contributed by atoms with Crippen molar-refractivity contribution in [3.63, 3.8) is 0 Å². The normalized spacial score (nSPS) is 12.6. The summed E-state index contributed by atoms with van der Waals surface area (Å²) in [7, 11) is 0. The van der Waals surface area contributed by atoms with Crippen molar-refractivity contribution in [2.45, 2.75) is 40.2 Å². The van der Waals surface area contributed by atoms with Gasteiger partial charge in [0.15, 0.2) is 0 Å². The van der Waals surface area contributed by atoms with Crippen LogP contribution >= 0.6 is 0 Å². The summed E-state index contributed by atoms with van der Waals surface area (Å²) in [5.41, 5.74) is 12.5. The van der Waals surface area contributed by atoms with E-state index in [-0.39, 0.29) is 0 Å². The summed E-state index contributed by atoms with van der Waals surface area (Å²) in [6.45, 7) is 15.5. The zero-order valence-electron chi connectivity index (χ0n) is 24.9. The molecule has 1 N–H and O–H groups in total. The number of aromatic nitrogens is 2. The van der Waals surface area contributed by atoms with Crippen molar-refractivity contribution in [1.29, 1.82) is 0 Å². The van der Waals surface area contributed by atoms with Crippen LogP contribution in [-0.2, 0) is 13.0 Å². The van der Waals surface area contributed by atoms with Gasteiger partial charge >= 0.3 is 0 Å². The van der Waals surface area contributed by atoms with E-state index in [9.17, 15) is 0 Å². The average Bonchev–Trinajstić information content (AvgIpc) is 3.55. The number of benzene rings is 4. The molecule has 0 amide bonds. The minimum Gasteiger partial charge on any atom is -0.355 e. The van der Waals surface area contributed by atoms with Crippen molar-refractivity contribution in [3.8, 4) is 0 Å². The summed E-state index contributed by atoms with van der Waals surface area (Å²) in [5.74, 6) is 0. The van der Waals surface area contributed by atoms with Gasteiger partial charge in [-0.1, -0.05) is 99.0 Å². The van der Waals surface area contributed by atoms with Gasteiger partial charge in [-0.05, 0) is 90.4 Å². The predicted octanol–water partition coefficient (Wildman–Crippen LogP) is 11.4. The van der Waals surface area contributed by atoms with Gasteiger partial charge in [-0.2, -0.15) is 0 Å². The van der Waals surface area contributed by atoms with Gasteiger partial charge in [0.2, 0.25) is 0 Å². The first kappa shape index (κ1) is 27.4. The SMILES string of the molecule is C=C/C=C(\CCn1c2ccc(C=C)c(/C=C\C)c2c2c(/C=C\C)c(CC)ccc21)c1ccc2[nH]c3ccccc3c2c1. The molecule has 42 heavy (non-hydrogen) atoms. The van der Waals surface area contributed by atoms with E-state index < -0.39 is 0 Å². The van der Waals surface area contributed by atoms with Crippen LogP contribution in [0.3, 0.4) is 0 Å². The van der Waals surface area contributed by atoms with Crippen LogP contribution in [0.1, 0.15) is 55.0 Å². The average molecular weight is 547 g/mol. The van der Waals surface area contributed by atoms with Crippen LogP contribution in [0.2, 0.25) is 0 Å². The molecule has 0 saturated carbocycles. The van der Waals surface area contributed by atoms with E-state index >= 15 is 0 Å². The summed E-state index contributed by atoms with van der Waals surface area (Å²) in [5, 5.41) is 5.14. The molecule has 0 saturated heterocycles. The number of para-hydroxylation sites is 1. The number of aryl methyl sites for hydroxylation is 2. The van der Waals surface area contributed by atoms with E-state index in [1.54, 1.807) is 0 Å². The van der Waals surface area contributed by atoms with Crippen molar-refractivity contribution in [3.05, 3.63) is 132 Å². The highest BCUT2D eigenvalue weighted by atomic mass is 15.0. The van der Waals surface area contributed by atoms with E-state index in [0.29, 0.717) is 0 Å². The molecule has 0 radical (unpaired) electrons. The Hall–Kier alpha value is -4.82. The lowest BCUT2D eigenvalue weighted by atomic mass is 9.94. The number of allylic oxidation sites excluding steroid dienone is 5. The van der Waals surface area contributed by atoms with Crippen LogP contribution in [-0.4, -0.2) is 9.55 Å². The number of nitrogens with zero attached hydrogens (tertiary/aromatic N) is 1. The molecule has 6 aromatic rings. The largest absolute Gasteiger partial charge is 0.355 e. The zero-order chi connectivity index (χ0) is 29.2. The van der Waals surface area contributed by atoms with Gasteiger partial charge in [0.1, 0.15) is 0 Å². The molecule has 0 aliphatic heterocycles. The summed E-state index contributed by atoms with van der Waals surface area (Å²) in [6, 6.07) is 24.4. The van der Waals surface area contributed by atoms with E-state index in [0.717, 1.165) is 30.5 Å². The van der Waals surface area contributed by atoms with Crippen LogP contribution in [0.4, 0.5) is 0 Å². The van der Waals surface area contributed by atoms with E-state index in [2.05, 4.69) is 141 Å². The van der Waals surface area contributed by atoms with Crippen molar-refractivity contribution >= 4 is 67.4 Å². The maximum atomic E-state index is 4.14. The van der Waals surface area contributed by atoms with Crippen molar-refractivity contribution in [1.82, 2.24) is 9.55 Å². The fourth-order valence-corrected chi connectivity index (χ4v) is 6.56. The van der Waals surface area contributed by atoms with Crippen LogP contribution in [0, 0.1) is 0 Å². The maximum absolute atomic E-state index is 4.14. The quantitative estimate of drug-likeness (QED) is 0.174. The molecule has 6 rings (SSSR count). The number of rotatable bonds is 9. The number of H-pyrrole nitrogens is 1. The first-order valence-electron chi connectivity index (χ1n) is 14.9. The molecule has 2 heterocycles. The highest BCUT2D eigenvalue weighted by Gasteiger charge is 2.19. The lowest BCUT2D eigenvalue weighted by molar-refractivity contribution is 0.770. The zero-order valence-corrected chi connectivity index (χ0v) is 24.9. The summed E-state index contributed by atoms with van der Waals surface area (Å²) in [6.07, 6.45) is 16.8. The Bertz CT molecular complexity index is 2070. The van der Waals surface area contributed by atoms with Gasteiger partial charge in [0.25, 0.3) is 0 Å². The molecule has 0 atom stereocenters. The molecular formula is C40H38N2. The van der Waals surface area contributed by atoms with Gasteiger partial charge in [-0.15, -0.1) is 0 Å². The Balaban J connectivity index is 1.52. The van der Waals surface area contributed by atoms with Crippen LogP contribution in [0.5, 0.6) is 0 Å². The Morgan fingerprint density at radius 2 is 1.52 bits per heavy atom. The number of hydrogen-bond donors (Lipinski definition) is 1. The van der Waals surface area contributed by atoms with Gasteiger partial charge in [0, 0.05) is 50.2 Å². The lowest BCUT2D eigenvalue weighted by Crippen LogP contribution is -2.00. The molecular weight excluding hydrogens is 508 g/mol. The van der Waals surface area contributed by atoms with E-state index in [1.807, 2.05) is 12.2 Å². The molecule has 2 aromatic heterocycles. The fraction of sp³-hybridized carbons (Fsp3) is 0.150. The second-order valence-corrected chi connectivity index (χ2v) is 10.8. The van der Waals surface area contributed by atoms with E-state index in [1.165, 1.54) is 65.9 Å². The standard InChI is InChI=1S/C40H38N2/c1-6-13-29(30-18-21-36-34(26-30)33-16-11-12-17-35(33)41-36)24-25-42-37-22-19-27(9-4)31(14-7-2)39(37)40-32(15-8-3)28(10-5)20-23-38(40)42/h6-9,11-23,26,41H,1,4,10,24-25H2,2-3,5H3/b14-7-,15-8-,29-13+. The smallest absolute Gasteiger partial charge is 0.0498 e. The molecule has 2 nitrogen and oxygen atoms in total. The molecule has 0 unspecified atom stereocenters. The highest BCUT2D eigenvalue weighted by Crippen LogP contribution is 2.39. The lowest BCUT2D eigenvalue weighted by Gasteiger charge is -2.13. The molecule has 0 bridgehead atoms. The third-order valence-corrected chi connectivity index (χ3v) is 8.47. The Labute approximate surface area is 248 Å². The second-order valence-electron chi connectivity index (χ2n) is 10.8. The Morgan fingerprint density at radius 1 is 0.810 bits per heavy atom. The van der Waals surface area contributed by atoms with Crippen LogP contribution < -0.4 is 0 Å². The monoisotopic (exact) mass is 546 g/mol. The molecule has 4 aromatic carbocycles. The number of aromatic amines is 1.